The molecule has 3 amide bonds. The lowest BCUT2D eigenvalue weighted by atomic mass is 10.2. The molecule has 0 saturated carbocycles. The van der Waals surface area contributed by atoms with E-state index in [0.717, 1.165) is 44.0 Å². The van der Waals surface area contributed by atoms with Crippen molar-refractivity contribution in [3.05, 3.63) is 59.6 Å². The van der Waals surface area contributed by atoms with E-state index >= 15 is 0 Å². The molecule has 15 heteroatoms. The number of pyridine rings is 1. The zero-order valence-electron chi connectivity index (χ0n) is 21.4. The lowest BCUT2D eigenvalue weighted by Gasteiger charge is -2.09. The van der Waals surface area contributed by atoms with Crippen LogP contribution in [0.3, 0.4) is 0 Å². The van der Waals surface area contributed by atoms with Gasteiger partial charge in [0.05, 0.1) is 25.7 Å². The number of ether oxygens (including phenoxy) is 1. The summed E-state index contributed by atoms with van der Waals surface area (Å²) in [5.41, 5.74) is 0.189. The molecular weight excluding hydrogens is 550 g/mol. The summed E-state index contributed by atoms with van der Waals surface area (Å²) in [6.45, 7) is 7.41. The van der Waals surface area contributed by atoms with Gasteiger partial charge in [-0.3, -0.25) is 23.6 Å². The van der Waals surface area contributed by atoms with Gasteiger partial charge in [-0.15, -0.1) is 11.3 Å². The van der Waals surface area contributed by atoms with Gasteiger partial charge in [-0.1, -0.05) is 26.0 Å². The van der Waals surface area contributed by atoms with Crippen molar-refractivity contribution in [3.8, 4) is 10.6 Å². The van der Waals surface area contributed by atoms with E-state index in [-0.39, 0.29) is 35.3 Å². The van der Waals surface area contributed by atoms with Gasteiger partial charge in [0.2, 0.25) is 0 Å². The van der Waals surface area contributed by atoms with Crippen LogP contribution < -0.4 is 16.0 Å². The van der Waals surface area contributed by atoms with Crippen LogP contribution in [0.2, 0.25) is 0 Å². The molecule has 0 radical (unpaired) electrons. The van der Waals surface area contributed by atoms with Gasteiger partial charge in [-0.05, 0) is 25.0 Å². The molecule has 3 N–H and O–H groups in total. The van der Waals surface area contributed by atoms with Crippen LogP contribution in [0.4, 0.5) is 0 Å². The van der Waals surface area contributed by atoms with Gasteiger partial charge in [0.25, 0.3) is 27.8 Å². The maximum absolute atomic E-state index is 12.4. The lowest BCUT2D eigenvalue weighted by molar-refractivity contribution is -0.137. The number of methoxy groups -OCH3 is 1. The second-order valence-electron chi connectivity index (χ2n) is 8.02. The molecule has 0 aliphatic rings. The fourth-order valence-corrected chi connectivity index (χ4v) is 4.10. The average molecular weight is 580 g/mol. The number of amides is 3. The van der Waals surface area contributed by atoms with E-state index in [1.165, 1.54) is 17.6 Å². The number of carbonyl (C=O) groups excluding carboxylic acids is 4. The Hall–Kier alpha value is -3.95. The highest BCUT2D eigenvalue weighted by atomic mass is 32.2. The predicted molar refractivity (Wildman–Crippen MR) is 143 cm³/mol. The van der Waals surface area contributed by atoms with E-state index in [9.17, 15) is 27.6 Å². The summed E-state index contributed by atoms with van der Waals surface area (Å²) in [4.78, 5) is 56.5. The van der Waals surface area contributed by atoms with Crippen molar-refractivity contribution in [2.45, 2.75) is 25.7 Å². The highest BCUT2D eigenvalue weighted by Gasteiger charge is 2.18. The molecule has 2 aromatic rings. The first-order chi connectivity index (χ1) is 18.4. The molecule has 2 heterocycles. The Morgan fingerprint density at radius 1 is 0.974 bits per heavy atom. The van der Waals surface area contributed by atoms with Crippen molar-refractivity contribution < 1.29 is 36.5 Å². The summed E-state index contributed by atoms with van der Waals surface area (Å²) < 4.78 is 30.9. The summed E-state index contributed by atoms with van der Waals surface area (Å²) in [6.07, 6.45) is 5.39. The Bertz CT molecular complexity index is 1340. The number of unbranched alkanes of at least 4 members (excludes halogenated alkanes) is 3. The fourth-order valence-electron chi connectivity index (χ4n) is 2.89. The van der Waals surface area contributed by atoms with Crippen LogP contribution in [0.15, 0.2) is 48.3 Å². The second-order valence-corrected chi connectivity index (χ2v) is 10.5. The van der Waals surface area contributed by atoms with Crippen LogP contribution in [0, 0.1) is 0 Å². The molecule has 0 atom stereocenters. The van der Waals surface area contributed by atoms with Gasteiger partial charge in [0.1, 0.15) is 22.1 Å². The van der Waals surface area contributed by atoms with Gasteiger partial charge in [-0.25, -0.2) is 9.78 Å². The number of rotatable bonds is 15. The van der Waals surface area contributed by atoms with Crippen LogP contribution in [0.1, 0.15) is 46.7 Å². The Kier molecular flexibility index (Phi) is 11.9. The largest absolute Gasteiger partial charge is 0.464 e. The third-order valence-corrected chi connectivity index (χ3v) is 6.35. The lowest BCUT2D eigenvalue weighted by Crippen LogP contribution is -2.35. The Morgan fingerprint density at radius 3 is 2.33 bits per heavy atom. The quantitative estimate of drug-likeness (QED) is 0.121. The van der Waals surface area contributed by atoms with E-state index in [0.29, 0.717) is 23.5 Å². The van der Waals surface area contributed by atoms with Crippen molar-refractivity contribution in [1.82, 2.24) is 25.9 Å². The van der Waals surface area contributed by atoms with Crippen molar-refractivity contribution in [2.24, 2.45) is 0 Å². The first-order valence-electron chi connectivity index (χ1n) is 11.5. The molecule has 39 heavy (non-hydrogen) atoms. The van der Waals surface area contributed by atoms with E-state index in [2.05, 4.69) is 48.0 Å². The standard InChI is InChI=1S/C24H29N5O8S2/c1-15(20(30)28-16(2)24(33)36-3)27-22(32)19-14-38-23(29-19)17-9-10-18(26-13-17)21(31)25-11-7-5-6-8-12-37-39(4,34)35/h9-10,13-14H,1-2,5-8,11-12H2,3-4H3,(H,25,31)(H,27,32)(H,28,30). The minimum absolute atomic E-state index is 0.0282. The molecule has 0 aliphatic carbocycles. The molecule has 0 aromatic carbocycles. The number of thiazole rings is 1. The van der Waals surface area contributed by atoms with E-state index in [4.69, 9.17) is 0 Å². The molecular formula is C24H29N5O8S2. The van der Waals surface area contributed by atoms with Crippen molar-refractivity contribution >= 4 is 45.1 Å². The minimum atomic E-state index is -3.42. The van der Waals surface area contributed by atoms with Crippen LogP contribution in [0.25, 0.3) is 10.6 Å². The highest BCUT2D eigenvalue weighted by molar-refractivity contribution is 7.85. The molecule has 0 unspecified atom stereocenters. The highest BCUT2D eigenvalue weighted by Crippen LogP contribution is 2.23. The minimum Gasteiger partial charge on any atom is -0.464 e. The number of aromatic nitrogens is 2. The molecule has 0 spiro atoms. The van der Waals surface area contributed by atoms with E-state index in [1.54, 1.807) is 6.07 Å². The number of esters is 1. The Balaban J connectivity index is 1.80. The molecule has 210 valence electrons. The SMILES string of the molecule is C=C(NC(=O)c1csc(-c2ccc(C(=O)NCCCCCCOS(C)(=O)=O)nc2)n1)C(=O)NC(=C)C(=O)OC. The van der Waals surface area contributed by atoms with Gasteiger partial charge >= 0.3 is 5.97 Å². The maximum atomic E-state index is 12.4. The third kappa shape index (κ3) is 10.7. The summed E-state index contributed by atoms with van der Waals surface area (Å²) in [7, 11) is -2.29. The molecule has 0 bridgehead atoms. The van der Waals surface area contributed by atoms with E-state index < -0.39 is 27.9 Å². The van der Waals surface area contributed by atoms with Crippen molar-refractivity contribution in [2.75, 3.05) is 26.5 Å². The number of carbonyl (C=O) groups is 4. The third-order valence-electron chi connectivity index (χ3n) is 4.87. The number of hydrogen-bond donors (Lipinski definition) is 3. The van der Waals surface area contributed by atoms with Crippen molar-refractivity contribution in [3.63, 3.8) is 0 Å². The molecule has 0 aliphatic heterocycles. The Labute approximate surface area is 229 Å². The van der Waals surface area contributed by atoms with Crippen LogP contribution in [-0.4, -0.2) is 68.6 Å². The second kappa shape index (κ2) is 14.8. The van der Waals surface area contributed by atoms with Gasteiger partial charge < -0.3 is 20.7 Å². The Morgan fingerprint density at radius 2 is 1.69 bits per heavy atom. The smallest absolute Gasteiger partial charge is 0.353 e. The van der Waals surface area contributed by atoms with Gasteiger partial charge in [0.15, 0.2) is 0 Å². The van der Waals surface area contributed by atoms with Gasteiger partial charge in [-0.2, -0.15) is 8.42 Å². The average Bonchev–Trinajstić information content (AvgIpc) is 3.39. The first kappa shape index (κ1) is 31.3. The predicted octanol–water partition coefficient (Wildman–Crippen LogP) is 1.52. The molecule has 0 fully saturated rings. The summed E-state index contributed by atoms with van der Waals surface area (Å²) in [5, 5.41) is 9.18. The molecule has 2 aromatic heterocycles. The van der Waals surface area contributed by atoms with Crippen molar-refractivity contribution in [1.29, 1.82) is 0 Å². The van der Waals surface area contributed by atoms with Crippen LogP contribution in [-0.2, 0) is 28.6 Å². The maximum Gasteiger partial charge on any atom is 0.353 e. The fraction of sp³-hybridized carbons (Fsp3) is 0.333. The number of hydrogen-bond acceptors (Lipinski definition) is 11. The zero-order valence-corrected chi connectivity index (χ0v) is 23.1. The molecule has 2 rings (SSSR count). The normalized spacial score (nSPS) is 10.8. The van der Waals surface area contributed by atoms with Gasteiger partial charge in [0, 0.05) is 23.7 Å². The van der Waals surface area contributed by atoms with Crippen LogP contribution >= 0.6 is 11.3 Å². The summed E-state index contributed by atoms with van der Waals surface area (Å²) in [5.74, 6) is -2.71. The molecule has 13 nitrogen and oxygen atoms in total. The zero-order chi connectivity index (χ0) is 29.0. The monoisotopic (exact) mass is 579 g/mol. The van der Waals surface area contributed by atoms with E-state index in [1.807, 2.05) is 0 Å². The summed E-state index contributed by atoms with van der Waals surface area (Å²) in [6, 6.07) is 3.18. The first-order valence-corrected chi connectivity index (χ1v) is 14.2. The summed E-state index contributed by atoms with van der Waals surface area (Å²) >= 11 is 1.16. The number of nitrogens with one attached hydrogen (secondary N) is 3. The van der Waals surface area contributed by atoms with Crippen LogP contribution in [0.5, 0.6) is 0 Å². The number of nitrogens with zero attached hydrogens (tertiary/aromatic N) is 2. The topological polar surface area (TPSA) is 183 Å². The molecule has 0 saturated heterocycles.